The number of ether oxygens (including phenoxy) is 1. The maximum Gasteiger partial charge on any atom is 0.277 e. The van der Waals surface area contributed by atoms with Gasteiger partial charge in [0.1, 0.15) is 10.8 Å². The molecular formula is C14H11Cl2N3O2. The van der Waals surface area contributed by atoms with Crippen LogP contribution in [-0.4, -0.2) is 23.7 Å². The molecule has 0 spiro atoms. The fraction of sp³-hybridized carbons (Fsp3) is 0.0714. The number of hydrogen-bond acceptors (Lipinski definition) is 4. The van der Waals surface area contributed by atoms with E-state index < -0.39 is 5.91 Å². The van der Waals surface area contributed by atoms with Crippen molar-refractivity contribution in [2.24, 2.45) is 5.10 Å². The Labute approximate surface area is 131 Å². The predicted octanol–water partition coefficient (Wildman–Crippen LogP) is 2.92. The van der Waals surface area contributed by atoms with Crippen molar-refractivity contribution in [2.75, 3.05) is 6.61 Å². The van der Waals surface area contributed by atoms with Crippen molar-refractivity contribution in [3.8, 4) is 5.75 Å². The van der Waals surface area contributed by atoms with Gasteiger partial charge in [0.05, 0.1) is 11.2 Å². The summed E-state index contributed by atoms with van der Waals surface area (Å²) in [6, 6.07) is 8.47. The lowest BCUT2D eigenvalue weighted by Gasteiger charge is -2.07. The average Bonchev–Trinajstić information content (AvgIpc) is 2.50. The Balaban J connectivity index is 1.83. The maximum absolute atomic E-state index is 11.6. The summed E-state index contributed by atoms with van der Waals surface area (Å²) < 4.78 is 5.27. The Morgan fingerprint density at radius 3 is 2.81 bits per heavy atom. The highest BCUT2D eigenvalue weighted by atomic mass is 35.5. The lowest BCUT2D eigenvalue weighted by molar-refractivity contribution is -0.123. The van der Waals surface area contributed by atoms with E-state index in [1.165, 1.54) is 6.21 Å². The fourth-order valence-corrected chi connectivity index (χ4v) is 1.75. The van der Waals surface area contributed by atoms with Crippen molar-refractivity contribution in [2.45, 2.75) is 0 Å². The van der Waals surface area contributed by atoms with Crippen molar-refractivity contribution in [3.63, 3.8) is 0 Å². The van der Waals surface area contributed by atoms with Gasteiger partial charge in [-0.25, -0.2) is 5.43 Å². The Morgan fingerprint density at radius 1 is 1.29 bits per heavy atom. The summed E-state index contributed by atoms with van der Waals surface area (Å²) in [4.78, 5) is 15.4. The lowest BCUT2D eigenvalue weighted by atomic mass is 10.3. The number of hydrogen-bond donors (Lipinski definition) is 1. The molecule has 1 aromatic heterocycles. The summed E-state index contributed by atoms with van der Waals surface area (Å²) in [5.41, 5.74) is 3.17. The molecule has 1 N–H and O–H groups in total. The van der Waals surface area contributed by atoms with E-state index in [1.54, 1.807) is 42.7 Å². The van der Waals surface area contributed by atoms with Gasteiger partial charge in [0.2, 0.25) is 0 Å². The van der Waals surface area contributed by atoms with Crippen LogP contribution in [0.4, 0.5) is 0 Å². The first-order valence-electron chi connectivity index (χ1n) is 5.95. The smallest absolute Gasteiger partial charge is 0.277 e. The second-order valence-corrected chi connectivity index (χ2v) is 4.70. The molecule has 1 aromatic carbocycles. The van der Waals surface area contributed by atoms with Gasteiger partial charge in [0, 0.05) is 12.4 Å². The fourth-order valence-electron chi connectivity index (χ4n) is 1.40. The van der Waals surface area contributed by atoms with Crippen LogP contribution in [0.1, 0.15) is 5.56 Å². The molecule has 0 saturated carbocycles. The van der Waals surface area contributed by atoms with Gasteiger partial charge in [0.25, 0.3) is 5.91 Å². The van der Waals surface area contributed by atoms with E-state index in [-0.39, 0.29) is 11.6 Å². The molecule has 7 heteroatoms. The summed E-state index contributed by atoms with van der Waals surface area (Å²) >= 11 is 11.8. The second-order valence-electron chi connectivity index (χ2n) is 3.91. The number of nitrogens with zero attached hydrogens (tertiary/aromatic N) is 2. The van der Waals surface area contributed by atoms with E-state index in [9.17, 15) is 4.79 Å². The van der Waals surface area contributed by atoms with Crippen LogP contribution < -0.4 is 10.2 Å². The van der Waals surface area contributed by atoms with Crippen molar-refractivity contribution in [3.05, 3.63) is 58.3 Å². The predicted molar refractivity (Wildman–Crippen MR) is 81.9 cm³/mol. The third kappa shape index (κ3) is 4.73. The number of carbonyl (C=O) groups excluding carboxylic acids is 1. The van der Waals surface area contributed by atoms with Gasteiger partial charge in [-0.3, -0.25) is 9.78 Å². The van der Waals surface area contributed by atoms with Crippen LogP contribution in [0.2, 0.25) is 10.0 Å². The van der Waals surface area contributed by atoms with Crippen molar-refractivity contribution in [1.82, 2.24) is 10.4 Å². The Hall–Kier alpha value is -2.11. The number of halogens is 2. The second kappa shape index (κ2) is 7.61. The molecule has 1 amide bonds. The topological polar surface area (TPSA) is 63.6 Å². The number of aromatic nitrogens is 1. The molecule has 21 heavy (non-hydrogen) atoms. The number of nitrogens with one attached hydrogen (secondary N) is 1. The minimum absolute atomic E-state index is 0.215. The number of rotatable bonds is 5. The monoisotopic (exact) mass is 323 g/mol. The van der Waals surface area contributed by atoms with Crippen molar-refractivity contribution >= 4 is 35.3 Å². The molecule has 0 radical (unpaired) electrons. The molecule has 1 heterocycles. The Kier molecular flexibility index (Phi) is 5.54. The highest BCUT2D eigenvalue weighted by molar-refractivity contribution is 6.42. The molecule has 0 fully saturated rings. The normalized spacial score (nSPS) is 10.6. The van der Waals surface area contributed by atoms with E-state index in [0.29, 0.717) is 10.8 Å². The van der Waals surface area contributed by atoms with Gasteiger partial charge in [-0.15, -0.1) is 0 Å². The van der Waals surface area contributed by atoms with Crippen LogP contribution in [0.15, 0.2) is 47.8 Å². The van der Waals surface area contributed by atoms with Crippen molar-refractivity contribution < 1.29 is 9.53 Å². The van der Waals surface area contributed by atoms with E-state index >= 15 is 0 Å². The van der Waals surface area contributed by atoms with Crippen LogP contribution in [0.5, 0.6) is 5.75 Å². The zero-order valence-corrected chi connectivity index (χ0v) is 12.3. The van der Waals surface area contributed by atoms with Crippen LogP contribution in [0.25, 0.3) is 0 Å². The van der Waals surface area contributed by atoms with E-state index in [4.69, 9.17) is 27.9 Å². The molecule has 5 nitrogen and oxygen atoms in total. The molecule has 0 saturated heterocycles. The van der Waals surface area contributed by atoms with E-state index in [1.807, 2.05) is 0 Å². The Morgan fingerprint density at radius 2 is 2.05 bits per heavy atom. The van der Waals surface area contributed by atoms with Gasteiger partial charge >= 0.3 is 0 Å². The van der Waals surface area contributed by atoms with Gasteiger partial charge in [-0.1, -0.05) is 29.3 Å². The average molecular weight is 324 g/mol. The zero-order chi connectivity index (χ0) is 15.1. The summed E-state index contributed by atoms with van der Waals surface area (Å²) in [6.07, 6.45) is 4.77. The van der Waals surface area contributed by atoms with Gasteiger partial charge in [0.15, 0.2) is 6.61 Å². The summed E-state index contributed by atoms with van der Waals surface area (Å²) in [7, 11) is 0. The van der Waals surface area contributed by atoms with Gasteiger partial charge in [-0.2, -0.15) is 5.10 Å². The minimum Gasteiger partial charge on any atom is -0.482 e. The molecule has 108 valence electrons. The largest absolute Gasteiger partial charge is 0.482 e. The summed E-state index contributed by atoms with van der Waals surface area (Å²) in [5, 5.41) is 4.44. The number of hydrazone groups is 1. The number of benzene rings is 1. The van der Waals surface area contributed by atoms with Crippen LogP contribution >= 0.6 is 23.2 Å². The molecule has 0 aliphatic carbocycles. The SMILES string of the molecule is O=C(COc1cccc(Cl)c1Cl)N/N=C\c1ccncc1. The number of amides is 1. The van der Waals surface area contributed by atoms with Crippen LogP contribution in [0, 0.1) is 0 Å². The van der Waals surface area contributed by atoms with Gasteiger partial charge in [-0.05, 0) is 29.8 Å². The molecule has 0 unspecified atom stereocenters. The zero-order valence-electron chi connectivity index (χ0n) is 10.8. The first kappa shape index (κ1) is 15.3. The maximum atomic E-state index is 11.6. The lowest BCUT2D eigenvalue weighted by Crippen LogP contribution is -2.24. The molecular weight excluding hydrogens is 313 g/mol. The molecule has 0 bridgehead atoms. The quantitative estimate of drug-likeness (QED) is 0.679. The minimum atomic E-state index is -0.406. The Bertz CT molecular complexity index is 648. The highest BCUT2D eigenvalue weighted by Gasteiger charge is 2.07. The van der Waals surface area contributed by atoms with Gasteiger partial charge < -0.3 is 4.74 Å². The number of pyridine rings is 1. The molecule has 2 aromatic rings. The third-order valence-corrected chi connectivity index (χ3v) is 3.19. The van der Waals surface area contributed by atoms with Crippen molar-refractivity contribution in [1.29, 1.82) is 0 Å². The molecule has 2 rings (SSSR count). The standard InChI is InChI=1S/C14H11Cl2N3O2/c15-11-2-1-3-12(14(11)16)21-9-13(20)19-18-8-10-4-6-17-7-5-10/h1-8H,9H2,(H,19,20)/b18-8-. The molecule has 0 atom stereocenters. The van der Waals surface area contributed by atoms with E-state index in [2.05, 4.69) is 15.5 Å². The van der Waals surface area contributed by atoms with Crippen LogP contribution in [-0.2, 0) is 4.79 Å². The van der Waals surface area contributed by atoms with Crippen LogP contribution in [0.3, 0.4) is 0 Å². The first-order chi connectivity index (χ1) is 10.2. The number of carbonyl (C=O) groups is 1. The first-order valence-corrected chi connectivity index (χ1v) is 6.71. The van der Waals surface area contributed by atoms with E-state index in [0.717, 1.165) is 5.56 Å². The summed E-state index contributed by atoms with van der Waals surface area (Å²) in [5.74, 6) is -0.0613. The highest BCUT2D eigenvalue weighted by Crippen LogP contribution is 2.31. The third-order valence-electron chi connectivity index (χ3n) is 2.38. The molecule has 0 aliphatic rings. The summed E-state index contributed by atoms with van der Waals surface area (Å²) in [6.45, 7) is -0.215. The molecule has 0 aliphatic heterocycles.